The van der Waals surface area contributed by atoms with E-state index in [1.165, 1.54) is 19.2 Å². The number of hydrogen-bond donors (Lipinski definition) is 2. The molecule has 0 aliphatic carbocycles. The van der Waals surface area contributed by atoms with Gasteiger partial charge in [-0.05, 0) is 42.5 Å². The molecule has 0 saturated carbocycles. The quantitative estimate of drug-likeness (QED) is 0.522. The van der Waals surface area contributed by atoms with E-state index < -0.39 is 6.09 Å². The minimum atomic E-state index is -0.651. The van der Waals surface area contributed by atoms with Crippen molar-refractivity contribution in [1.29, 1.82) is 0 Å². The summed E-state index contributed by atoms with van der Waals surface area (Å²) in [5, 5.41) is 6.31. The number of benzene rings is 2. The van der Waals surface area contributed by atoms with Gasteiger partial charge in [-0.15, -0.1) is 0 Å². The molecule has 0 bridgehead atoms. The molecule has 24 heavy (non-hydrogen) atoms. The van der Waals surface area contributed by atoms with Gasteiger partial charge in [0.15, 0.2) is 5.11 Å². The van der Waals surface area contributed by atoms with Gasteiger partial charge < -0.3 is 14.8 Å². The lowest BCUT2D eigenvalue weighted by molar-refractivity contribution is 0.177. The van der Waals surface area contributed by atoms with E-state index in [0.29, 0.717) is 32.3 Å². The van der Waals surface area contributed by atoms with Crippen LogP contribution >= 0.6 is 47.0 Å². The van der Waals surface area contributed by atoms with Crippen molar-refractivity contribution in [1.82, 2.24) is 5.32 Å². The Kier molecular flexibility index (Phi) is 6.51. The van der Waals surface area contributed by atoms with E-state index >= 15 is 0 Å². The summed E-state index contributed by atoms with van der Waals surface area (Å²) in [7, 11) is 1.25. The number of rotatable bonds is 3. The molecule has 2 aromatic carbocycles. The van der Waals surface area contributed by atoms with Crippen LogP contribution in [0.5, 0.6) is 11.5 Å². The lowest BCUT2D eigenvalue weighted by Gasteiger charge is -2.11. The molecule has 0 atom stereocenters. The highest BCUT2D eigenvalue weighted by molar-refractivity contribution is 7.80. The molecule has 0 spiro atoms. The van der Waals surface area contributed by atoms with Gasteiger partial charge in [-0.2, -0.15) is 0 Å². The Hall–Kier alpha value is -1.73. The second-order valence-corrected chi connectivity index (χ2v) is 6.02. The molecule has 0 unspecified atom stereocenters. The van der Waals surface area contributed by atoms with Gasteiger partial charge in [-0.1, -0.05) is 34.8 Å². The average molecular weight is 406 g/mol. The van der Waals surface area contributed by atoms with Gasteiger partial charge in [0.25, 0.3) is 0 Å². The van der Waals surface area contributed by atoms with Crippen molar-refractivity contribution in [2.75, 3.05) is 12.4 Å². The molecule has 126 valence electrons. The molecule has 0 aliphatic rings. The van der Waals surface area contributed by atoms with Crippen molar-refractivity contribution in [3.05, 3.63) is 51.5 Å². The summed E-state index contributed by atoms with van der Waals surface area (Å²) in [6.07, 6.45) is -0.651. The Morgan fingerprint density at radius 1 is 1.04 bits per heavy atom. The second-order valence-electron chi connectivity index (χ2n) is 4.39. The number of ether oxygens (including phenoxy) is 2. The Morgan fingerprint density at radius 3 is 2.29 bits per heavy atom. The zero-order valence-electron chi connectivity index (χ0n) is 12.2. The number of carbonyl (C=O) groups is 1. The minimum absolute atomic E-state index is 0.114. The third-order valence-electron chi connectivity index (χ3n) is 2.72. The first-order chi connectivity index (χ1) is 11.4. The van der Waals surface area contributed by atoms with Crippen LogP contribution in [0.25, 0.3) is 0 Å². The molecule has 0 fully saturated rings. The fraction of sp³-hybridized carbons (Fsp3) is 0.0667. The minimum Gasteiger partial charge on any atom is -0.456 e. The molecule has 0 aromatic heterocycles. The molecule has 0 aliphatic heterocycles. The zero-order valence-corrected chi connectivity index (χ0v) is 15.3. The average Bonchev–Trinajstić information content (AvgIpc) is 2.54. The third kappa shape index (κ3) is 5.14. The molecule has 2 N–H and O–H groups in total. The summed E-state index contributed by atoms with van der Waals surface area (Å²) in [5.41, 5.74) is 0.656. The number of alkyl carbamates (subject to hydrolysis) is 1. The first kappa shape index (κ1) is 18.6. The van der Waals surface area contributed by atoms with Crippen LogP contribution in [0.4, 0.5) is 10.5 Å². The van der Waals surface area contributed by atoms with Crippen LogP contribution in [0, 0.1) is 0 Å². The molecule has 2 rings (SSSR count). The largest absolute Gasteiger partial charge is 0.456 e. The highest BCUT2D eigenvalue weighted by atomic mass is 35.5. The van der Waals surface area contributed by atoms with Crippen molar-refractivity contribution in [3.8, 4) is 11.5 Å². The summed E-state index contributed by atoms with van der Waals surface area (Å²) >= 11 is 22.8. The van der Waals surface area contributed by atoms with Crippen LogP contribution in [-0.2, 0) is 4.74 Å². The Labute approximate surface area is 158 Å². The topological polar surface area (TPSA) is 59.6 Å². The van der Waals surface area contributed by atoms with Crippen molar-refractivity contribution in [2.24, 2.45) is 0 Å². The lowest BCUT2D eigenvalue weighted by Crippen LogP contribution is -2.33. The van der Waals surface area contributed by atoms with E-state index in [0.717, 1.165) is 0 Å². The fourth-order valence-corrected chi connectivity index (χ4v) is 2.40. The summed E-state index contributed by atoms with van der Waals surface area (Å²) in [4.78, 5) is 11.0. The summed E-state index contributed by atoms with van der Waals surface area (Å²) in [5.74, 6) is 0.919. The smallest absolute Gasteiger partial charge is 0.413 e. The molecule has 0 saturated heterocycles. The fourth-order valence-electron chi connectivity index (χ4n) is 1.62. The van der Waals surface area contributed by atoms with E-state index in [4.69, 9.17) is 51.8 Å². The number of amides is 1. The van der Waals surface area contributed by atoms with Crippen LogP contribution in [-0.4, -0.2) is 18.3 Å². The molecular formula is C15H11Cl3N2O3S. The lowest BCUT2D eigenvalue weighted by atomic mass is 10.3. The van der Waals surface area contributed by atoms with Gasteiger partial charge in [0.1, 0.15) is 11.5 Å². The first-order valence-electron chi connectivity index (χ1n) is 6.47. The normalized spacial score (nSPS) is 10.0. The monoisotopic (exact) mass is 404 g/mol. The Balaban J connectivity index is 2.03. The Morgan fingerprint density at radius 2 is 1.67 bits per heavy atom. The molecule has 9 heteroatoms. The van der Waals surface area contributed by atoms with Gasteiger partial charge >= 0.3 is 6.09 Å². The van der Waals surface area contributed by atoms with Gasteiger partial charge in [0.2, 0.25) is 0 Å². The number of nitrogens with one attached hydrogen (secondary N) is 2. The van der Waals surface area contributed by atoms with E-state index in [-0.39, 0.29) is 5.11 Å². The molecule has 2 aromatic rings. The third-order valence-corrected chi connectivity index (χ3v) is 3.94. The van der Waals surface area contributed by atoms with E-state index in [1.54, 1.807) is 24.3 Å². The highest BCUT2D eigenvalue weighted by Gasteiger charge is 2.09. The van der Waals surface area contributed by atoms with Gasteiger partial charge in [0.05, 0.1) is 22.2 Å². The van der Waals surface area contributed by atoms with Gasteiger partial charge in [-0.3, -0.25) is 5.32 Å². The summed E-state index contributed by atoms with van der Waals surface area (Å²) in [6, 6.07) is 9.86. The van der Waals surface area contributed by atoms with Crippen LogP contribution in [0.1, 0.15) is 0 Å². The molecular weight excluding hydrogens is 395 g/mol. The van der Waals surface area contributed by atoms with Crippen molar-refractivity contribution in [2.45, 2.75) is 0 Å². The summed E-state index contributed by atoms with van der Waals surface area (Å²) in [6.45, 7) is 0. The van der Waals surface area contributed by atoms with Crippen LogP contribution < -0.4 is 15.4 Å². The maximum Gasteiger partial charge on any atom is 0.413 e. The predicted octanol–water partition coefficient (Wildman–Crippen LogP) is 5.49. The van der Waals surface area contributed by atoms with E-state index in [9.17, 15) is 4.79 Å². The number of carbonyl (C=O) groups excluding carboxylic acids is 1. The first-order valence-corrected chi connectivity index (χ1v) is 8.01. The zero-order chi connectivity index (χ0) is 17.7. The molecule has 5 nitrogen and oxygen atoms in total. The predicted molar refractivity (Wildman–Crippen MR) is 99.7 cm³/mol. The SMILES string of the molecule is COC(=O)NC(=S)Nc1ccc(Oc2cc(Cl)c(Cl)cc2Cl)cc1. The van der Waals surface area contributed by atoms with Crippen LogP contribution in [0.15, 0.2) is 36.4 Å². The van der Waals surface area contributed by atoms with E-state index in [1.807, 2.05) is 0 Å². The van der Waals surface area contributed by atoms with Crippen LogP contribution in [0.3, 0.4) is 0 Å². The number of halogens is 3. The number of hydrogen-bond acceptors (Lipinski definition) is 4. The standard InChI is InChI=1S/C15H11Cl3N2O3S/c1-22-15(21)20-14(24)19-8-2-4-9(5-3-8)23-13-7-11(17)10(16)6-12(13)18/h2-7H,1H3,(H2,19,20,21,24). The van der Waals surface area contributed by atoms with Crippen molar-refractivity contribution >= 4 is 63.9 Å². The number of anilines is 1. The maximum atomic E-state index is 11.0. The van der Waals surface area contributed by atoms with Gasteiger partial charge in [-0.25, -0.2) is 4.79 Å². The summed E-state index contributed by atoms with van der Waals surface area (Å²) < 4.78 is 10.1. The van der Waals surface area contributed by atoms with Crippen LogP contribution in [0.2, 0.25) is 15.1 Å². The number of methoxy groups -OCH3 is 1. The van der Waals surface area contributed by atoms with E-state index in [2.05, 4.69) is 15.4 Å². The van der Waals surface area contributed by atoms with Crippen molar-refractivity contribution < 1.29 is 14.3 Å². The molecule has 0 heterocycles. The Bertz CT molecular complexity index is 769. The molecule has 1 amide bonds. The molecule has 0 radical (unpaired) electrons. The maximum absolute atomic E-state index is 11.0. The number of thiocarbonyl (C=S) groups is 1. The highest BCUT2D eigenvalue weighted by Crippen LogP contribution is 2.36. The van der Waals surface area contributed by atoms with Crippen molar-refractivity contribution in [3.63, 3.8) is 0 Å². The van der Waals surface area contributed by atoms with Gasteiger partial charge in [0, 0.05) is 11.8 Å². The second kappa shape index (κ2) is 8.39.